The molecule has 2 fully saturated rings. The third kappa shape index (κ3) is 3.94. The van der Waals surface area contributed by atoms with Gasteiger partial charge in [0.1, 0.15) is 5.75 Å². The molecule has 3 unspecified atom stereocenters. The van der Waals surface area contributed by atoms with Gasteiger partial charge in [0.25, 0.3) is 5.91 Å². The molecule has 28 heavy (non-hydrogen) atoms. The Labute approximate surface area is 170 Å². The molecule has 0 aromatic heterocycles. The molecule has 4 rings (SSSR count). The third-order valence-electron chi connectivity index (χ3n) is 5.96. The van der Waals surface area contributed by atoms with Crippen molar-refractivity contribution >= 4 is 23.2 Å². The van der Waals surface area contributed by atoms with E-state index in [2.05, 4.69) is 10.2 Å². The van der Waals surface area contributed by atoms with E-state index < -0.39 is 0 Å². The highest BCUT2D eigenvalue weighted by Crippen LogP contribution is 2.38. The highest BCUT2D eigenvalue weighted by atomic mass is 35.5. The number of nitrogens with zero attached hydrogens (tertiary/aromatic N) is 1. The minimum atomic E-state index is -0.195. The van der Waals surface area contributed by atoms with Gasteiger partial charge < -0.3 is 25.3 Å². The molecular formula is C20H28ClN3O4. The molecule has 0 saturated carbocycles. The van der Waals surface area contributed by atoms with E-state index in [1.54, 1.807) is 13.2 Å². The maximum atomic E-state index is 13.0. The van der Waals surface area contributed by atoms with Gasteiger partial charge in [0, 0.05) is 45.3 Å². The highest BCUT2D eigenvalue weighted by molar-refractivity contribution is 6.33. The lowest BCUT2D eigenvalue weighted by molar-refractivity contribution is -0.0112. The first-order chi connectivity index (χ1) is 13.6. The molecule has 0 radical (unpaired) electrons. The Balaban J connectivity index is 1.42. The number of ether oxygens (including phenoxy) is 3. The average molecular weight is 410 g/mol. The topological polar surface area (TPSA) is 86.1 Å². The second kappa shape index (κ2) is 8.45. The summed E-state index contributed by atoms with van der Waals surface area (Å²) in [5.41, 5.74) is 7.81. The van der Waals surface area contributed by atoms with Crippen molar-refractivity contribution in [1.82, 2.24) is 10.2 Å². The second-order valence-electron chi connectivity index (χ2n) is 7.76. The Morgan fingerprint density at radius 1 is 1.43 bits per heavy atom. The molecule has 3 aliphatic heterocycles. The minimum Gasteiger partial charge on any atom is -0.492 e. The van der Waals surface area contributed by atoms with Crippen LogP contribution in [-0.4, -0.2) is 69.0 Å². The van der Waals surface area contributed by atoms with Crippen LogP contribution in [0.4, 0.5) is 5.69 Å². The number of carbonyl (C=O) groups excluding carboxylic acids is 1. The Kier molecular flexibility index (Phi) is 5.96. The van der Waals surface area contributed by atoms with Crippen LogP contribution < -0.4 is 15.8 Å². The number of likely N-dealkylation sites (tertiary alicyclic amines) is 1. The van der Waals surface area contributed by atoms with Crippen LogP contribution >= 0.6 is 11.6 Å². The van der Waals surface area contributed by atoms with Crippen molar-refractivity contribution in [3.05, 3.63) is 22.2 Å². The van der Waals surface area contributed by atoms with Crippen LogP contribution in [0.2, 0.25) is 5.02 Å². The maximum absolute atomic E-state index is 13.0. The summed E-state index contributed by atoms with van der Waals surface area (Å²) in [6, 6.07) is 1.54. The summed E-state index contributed by atoms with van der Waals surface area (Å²) in [5, 5.41) is 3.52. The van der Waals surface area contributed by atoms with E-state index in [1.807, 2.05) is 0 Å². The number of halogens is 1. The number of hydrogen-bond donors (Lipinski definition) is 2. The summed E-state index contributed by atoms with van der Waals surface area (Å²) >= 11 is 6.24. The van der Waals surface area contributed by atoms with E-state index >= 15 is 0 Å². The Morgan fingerprint density at radius 2 is 2.29 bits per heavy atom. The fourth-order valence-electron chi connectivity index (χ4n) is 4.41. The Bertz CT molecular complexity index is 739. The van der Waals surface area contributed by atoms with Crippen LogP contribution in [0.5, 0.6) is 5.75 Å². The molecule has 0 spiro atoms. The molecule has 154 valence electrons. The molecular weight excluding hydrogens is 382 g/mol. The molecule has 7 nitrogen and oxygen atoms in total. The quantitative estimate of drug-likeness (QED) is 0.722. The monoisotopic (exact) mass is 409 g/mol. The van der Waals surface area contributed by atoms with Gasteiger partial charge in [-0.15, -0.1) is 0 Å². The van der Waals surface area contributed by atoms with Crippen molar-refractivity contribution in [1.29, 1.82) is 0 Å². The zero-order chi connectivity index (χ0) is 19.7. The fraction of sp³-hybridized carbons (Fsp3) is 0.650. The van der Waals surface area contributed by atoms with E-state index in [1.165, 1.54) is 0 Å². The van der Waals surface area contributed by atoms with Crippen molar-refractivity contribution in [2.75, 3.05) is 45.7 Å². The van der Waals surface area contributed by atoms with Crippen LogP contribution in [0.1, 0.15) is 35.2 Å². The van der Waals surface area contributed by atoms with Gasteiger partial charge in [-0.2, -0.15) is 0 Å². The summed E-state index contributed by atoms with van der Waals surface area (Å²) in [7, 11) is 1.69. The van der Waals surface area contributed by atoms with Gasteiger partial charge in [0.05, 0.1) is 41.1 Å². The molecule has 3 aliphatic rings. The van der Waals surface area contributed by atoms with Crippen LogP contribution in [-0.2, 0) is 15.9 Å². The number of rotatable bonds is 5. The average Bonchev–Trinajstić information content (AvgIpc) is 3.37. The molecule has 2 saturated heterocycles. The molecule has 1 amide bonds. The number of benzene rings is 1. The lowest BCUT2D eigenvalue weighted by Crippen LogP contribution is -2.55. The van der Waals surface area contributed by atoms with Gasteiger partial charge >= 0.3 is 0 Å². The number of piperidine rings is 1. The predicted octanol–water partition coefficient (Wildman–Crippen LogP) is 1.86. The van der Waals surface area contributed by atoms with E-state index in [9.17, 15) is 4.79 Å². The number of nitrogens with two attached hydrogens (primary N) is 1. The smallest absolute Gasteiger partial charge is 0.255 e. The van der Waals surface area contributed by atoms with Crippen molar-refractivity contribution in [3.63, 3.8) is 0 Å². The zero-order valence-electron chi connectivity index (χ0n) is 16.2. The number of amides is 1. The number of carbonyl (C=O) groups is 1. The zero-order valence-corrected chi connectivity index (χ0v) is 17.0. The second-order valence-corrected chi connectivity index (χ2v) is 8.17. The third-order valence-corrected chi connectivity index (χ3v) is 6.28. The van der Waals surface area contributed by atoms with Crippen molar-refractivity contribution in [3.8, 4) is 5.75 Å². The Morgan fingerprint density at radius 3 is 3.04 bits per heavy atom. The number of hydrogen-bond acceptors (Lipinski definition) is 6. The first-order valence-corrected chi connectivity index (χ1v) is 10.4. The van der Waals surface area contributed by atoms with Gasteiger partial charge in [0.15, 0.2) is 0 Å². The van der Waals surface area contributed by atoms with Crippen molar-refractivity contribution in [2.45, 2.75) is 43.9 Å². The first kappa shape index (κ1) is 19.8. The van der Waals surface area contributed by atoms with Gasteiger partial charge in [0.2, 0.25) is 0 Å². The van der Waals surface area contributed by atoms with E-state index in [4.69, 9.17) is 31.5 Å². The minimum absolute atomic E-state index is 0.0633. The molecule has 3 heterocycles. The molecule has 1 aromatic carbocycles. The molecule has 3 atom stereocenters. The number of anilines is 1. The maximum Gasteiger partial charge on any atom is 0.255 e. The van der Waals surface area contributed by atoms with Crippen molar-refractivity contribution < 1.29 is 19.0 Å². The summed E-state index contributed by atoms with van der Waals surface area (Å²) in [5.74, 6) is 0.365. The number of nitrogens with one attached hydrogen (secondary N) is 1. The predicted molar refractivity (Wildman–Crippen MR) is 107 cm³/mol. The number of fused-ring (bicyclic) bond motifs is 1. The highest BCUT2D eigenvalue weighted by Gasteiger charge is 2.33. The van der Waals surface area contributed by atoms with Gasteiger partial charge in [-0.3, -0.25) is 9.69 Å². The first-order valence-electron chi connectivity index (χ1n) is 9.98. The van der Waals surface area contributed by atoms with Crippen LogP contribution in [0, 0.1) is 0 Å². The number of methoxy groups -OCH3 is 1. The van der Waals surface area contributed by atoms with Gasteiger partial charge in [-0.05, 0) is 25.3 Å². The summed E-state index contributed by atoms with van der Waals surface area (Å²) < 4.78 is 17.1. The SMILES string of the molecule is COC1CN(CC2CCCO2)CCC1NC(=O)c1cc(Cl)c(N)c2c1OCC2. The Hall–Kier alpha value is -1.54. The van der Waals surface area contributed by atoms with Crippen LogP contribution in [0.15, 0.2) is 6.07 Å². The summed E-state index contributed by atoms with van der Waals surface area (Å²) in [6.07, 6.45) is 4.00. The fourth-order valence-corrected chi connectivity index (χ4v) is 4.63. The molecule has 0 aliphatic carbocycles. The largest absolute Gasteiger partial charge is 0.492 e. The van der Waals surface area contributed by atoms with Gasteiger partial charge in [-0.25, -0.2) is 0 Å². The van der Waals surface area contributed by atoms with Crippen molar-refractivity contribution in [2.24, 2.45) is 0 Å². The summed E-state index contributed by atoms with van der Waals surface area (Å²) in [4.78, 5) is 15.3. The standard InChI is InChI=1S/C20H28ClN3O4/c1-26-17-11-24(10-12-3-2-7-27-12)6-4-16(17)23-20(25)14-9-15(21)18(22)13-5-8-28-19(13)14/h9,12,16-17H,2-8,10-11,22H2,1H3,(H,23,25). The van der Waals surface area contributed by atoms with Gasteiger partial charge in [-0.1, -0.05) is 11.6 Å². The van der Waals surface area contributed by atoms with E-state index in [0.29, 0.717) is 41.2 Å². The van der Waals surface area contributed by atoms with Crippen LogP contribution in [0.25, 0.3) is 0 Å². The van der Waals surface area contributed by atoms with E-state index in [-0.39, 0.29) is 18.1 Å². The molecule has 3 N–H and O–H groups in total. The lowest BCUT2D eigenvalue weighted by Gasteiger charge is -2.38. The summed E-state index contributed by atoms with van der Waals surface area (Å²) in [6.45, 7) is 3.99. The molecule has 8 heteroatoms. The molecule has 1 aromatic rings. The van der Waals surface area contributed by atoms with Crippen LogP contribution in [0.3, 0.4) is 0 Å². The van der Waals surface area contributed by atoms with E-state index in [0.717, 1.165) is 51.1 Å². The molecule has 0 bridgehead atoms. The normalized spacial score (nSPS) is 27.4. The lowest BCUT2D eigenvalue weighted by atomic mass is 9.99. The number of nitrogen functional groups attached to an aromatic ring is 1.